The molecular formula is C34H34N2O10S. The van der Waals surface area contributed by atoms with Crippen molar-refractivity contribution in [3.63, 3.8) is 0 Å². The smallest absolute Gasteiger partial charge is 0.269 e. The third kappa shape index (κ3) is 8.07. The minimum atomic E-state index is -4.25. The van der Waals surface area contributed by atoms with Gasteiger partial charge in [-0.2, -0.15) is 0 Å². The number of nitro groups is 2. The summed E-state index contributed by atoms with van der Waals surface area (Å²) in [5, 5.41) is 42.9. The Hall–Kier alpha value is -4.53. The number of aliphatic hydroxyl groups is 2. The molecule has 1 saturated heterocycles. The minimum Gasteiger partial charge on any atom is -0.388 e. The highest BCUT2D eigenvalue weighted by Crippen LogP contribution is 2.35. The van der Waals surface area contributed by atoms with Gasteiger partial charge >= 0.3 is 0 Å². The standard InChI is InChI=1S/C34H34N2O10S/c37-31-32(38)34(46-22-26-13-17-28(18-14-26)36(41)42)30(20-24-9-5-2-6-10-24)47(43,44)29(19-23-7-3-1-4-8-23)33(31)45-21-25-11-15-27(16-12-25)35(39)40/h1-18,29-34,37-38H,19-22H2/t29-,30-,31-,32-,33+,34+/m1/s1. The van der Waals surface area contributed by atoms with Crippen LogP contribution in [0.5, 0.6) is 0 Å². The molecule has 5 rings (SSSR count). The highest BCUT2D eigenvalue weighted by Gasteiger charge is 2.54. The van der Waals surface area contributed by atoms with Crippen LogP contribution < -0.4 is 0 Å². The highest BCUT2D eigenvalue weighted by molar-refractivity contribution is 7.92. The zero-order valence-electron chi connectivity index (χ0n) is 25.1. The number of aliphatic hydroxyl groups excluding tert-OH is 2. The van der Waals surface area contributed by atoms with E-state index in [1.54, 1.807) is 60.7 Å². The fourth-order valence-corrected chi connectivity index (χ4v) is 8.33. The molecule has 13 heteroatoms. The topological polar surface area (TPSA) is 179 Å². The van der Waals surface area contributed by atoms with Crippen molar-refractivity contribution in [1.29, 1.82) is 0 Å². The molecule has 246 valence electrons. The Balaban J connectivity index is 1.52. The van der Waals surface area contributed by atoms with Crippen LogP contribution in [0.25, 0.3) is 0 Å². The molecule has 0 spiro atoms. The molecule has 0 unspecified atom stereocenters. The second-order valence-electron chi connectivity index (χ2n) is 11.4. The summed E-state index contributed by atoms with van der Waals surface area (Å²) < 4.78 is 41.8. The molecule has 0 amide bonds. The van der Waals surface area contributed by atoms with Crippen LogP contribution >= 0.6 is 0 Å². The van der Waals surface area contributed by atoms with Gasteiger partial charge in [-0.3, -0.25) is 20.2 Å². The van der Waals surface area contributed by atoms with E-state index in [2.05, 4.69) is 0 Å². The maximum Gasteiger partial charge on any atom is 0.269 e. The first-order valence-electron chi connectivity index (χ1n) is 14.9. The summed E-state index contributed by atoms with van der Waals surface area (Å²) in [7, 11) is -4.25. The largest absolute Gasteiger partial charge is 0.388 e. The van der Waals surface area contributed by atoms with Gasteiger partial charge < -0.3 is 19.7 Å². The molecule has 6 atom stereocenters. The summed E-state index contributed by atoms with van der Waals surface area (Å²) in [4.78, 5) is 21.1. The van der Waals surface area contributed by atoms with Crippen LogP contribution in [0.15, 0.2) is 109 Å². The monoisotopic (exact) mass is 662 g/mol. The summed E-state index contributed by atoms with van der Waals surface area (Å²) in [6, 6.07) is 28.9. The first-order valence-corrected chi connectivity index (χ1v) is 16.5. The van der Waals surface area contributed by atoms with Gasteiger partial charge in [0.15, 0.2) is 9.84 Å². The minimum absolute atomic E-state index is 0.0295. The normalized spacial score (nSPS) is 23.9. The first-order chi connectivity index (χ1) is 22.5. The molecular weight excluding hydrogens is 628 g/mol. The Morgan fingerprint density at radius 2 is 0.894 bits per heavy atom. The average molecular weight is 663 g/mol. The molecule has 0 radical (unpaired) electrons. The number of benzene rings is 4. The van der Waals surface area contributed by atoms with E-state index < -0.39 is 54.6 Å². The SMILES string of the molecule is O=[N+]([O-])c1ccc(CO[C@@H]2[C@H](O)[C@@H](O)[C@@H](OCc3ccc([N+](=O)[O-])cc3)[C@@H](Cc3ccccc3)S(=O)(=O)[C@@H]2Cc2ccccc2)cc1. The van der Waals surface area contributed by atoms with E-state index in [-0.39, 0.29) is 37.4 Å². The molecule has 1 fully saturated rings. The summed E-state index contributed by atoms with van der Waals surface area (Å²) in [6.45, 7) is -0.379. The lowest BCUT2D eigenvalue weighted by Crippen LogP contribution is -2.49. The summed E-state index contributed by atoms with van der Waals surface area (Å²) in [6.07, 6.45) is -6.29. The second-order valence-corrected chi connectivity index (χ2v) is 13.8. The molecule has 0 aromatic heterocycles. The molecule has 0 bridgehead atoms. The Labute approximate surface area is 271 Å². The van der Waals surface area contributed by atoms with Crippen molar-refractivity contribution in [1.82, 2.24) is 0 Å². The van der Waals surface area contributed by atoms with Gasteiger partial charge in [0, 0.05) is 24.3 Å². The number of non-ortho nitro benzene ring substituents is 2. The lowest BCUT2D eigenvalue weighted by atomic mass is 9.94. The third-order valence-corrected chi connectivity index (χ3v) is 10.9. The first kappa shape index (κ1) is 33.8. The van der Waals surface area contributed by atoms with Gasteiger partial charge in [0.1, 0.15) is 24.4 Å². The van der Waals surface area contributed by atoms with Crippen molar-refractivity contribution >= 4 is 21.2 Å². The lowest BCUT2D eigenvalue weighted by molar-refractivity contribution is -0.385. The number of rotatable bonds is 12. The Morgan fingerprint density at radius 1 is 0.553 bits per heavy atom. The second kappa shape index (κ2) is 14.9. The van der Waals surface area contributed by atoms with Gasteiger partial charge in [-0.05, 0) is 59.4 Å². The maximum absolute atomic E-state index is 14.8. The molecule has 0 saturated carbocycles. The zero-order valence-corrected chi connectivity index (χ0v) is 26.0. The van der Waals surface area contributed by atoms with Crippen LogP contribution in [-0.4, -0.2) is 63.4 Å². The molecule has 4 aromatic rings. The van der Waals surface area contributed by atoms with Gasteiger partial charge in [-0.15, -0.1) is 0 Å². The van der Waals surface area contributed by atoms with Crippen LogP contribution in [0.2, 0.25) is 0 Å². The third-order valence-electron chi connectivity index (χ3n) is 8.34. The summed E-state index contributed by atoms with van der Waals surface area (Å²) in [5.41, 5.74) is 2.11. The predicted octanol–water partition coefficient (Wildman–Crippen LogP) is 4.35. The molecule has 12 nitrogen and oxygen atoms in total. The Morgan fingerprint density at radius 3 is 1.21 bits per heavy atom. The quantitative estimate of drug-likeness (QED) is 0.164. The van der Waals surface area contributed by atoms with Crippen molar-refractivity contribution in [2.75, 3.05) is 0 Å². The van der Waals surface area contributed by atoms with E-state index in [1.807, 2.05) is 0 Å². The van der Waals surface area contributed by atoms with Crippen LogP contribution in [-0.2, 0) is 45.4 Å². The van der Waals surface area contributed by atoms with Gasteiger partial charge in [-0.25, -0.2) is 8.42 Å². The van der Waals surface area contributed by atoms with Crippen LogP contribution in [0.1, 0.15) is 22.3 Å². The van der Waals surface area contributed by atoms with Crippen molar-refractivity contribution in [3.8, 4) is 0 Å². The van der Waals surface area contributed by atoms with Crippen LogP contribution in [0.4, 0.5) is 11.4 Å². The van der Waals surface area contributed by atoms with E-state index in [9.17, 15) is 38.9 Å². The molecule has 2 N–H and O–H groups in total. The van der Waals surface area contributed by atoms with Crippen molar-refractivity contribution in [2.24, 2.45) is 0 Å². The molecule has 1 aliphatic rings. The number of hydrogen-bond donors (Lipinski definition) is 2. The van der Waals surface area contributed by atoms with Gasteiger partial charge in [-0.1, -0.05) is 60.7 Å². The lowest BCUT2D eigenvalue weighted by Gasteiger charge is -2.30. The average Bonchev–Trinajstić information content (AvgIpc) is 3.12. The summed E-state index contributed by atoms with van der Waals surface area (Å²) in [5.74, 6) is 0. The van der Waals surface area contributed by atoms with Crippen molar-refractivity contribution in [2.45, 2.75) is 61.0 Å². The number of nitrogens with zero attached hydrogens (tertiary/aromatic N) is 2. The molecule has 4 aromatic carbocycles. The molecule has 1 aliphatic heterocycles. The van der Waals surface area contributed by atoms with E-state index in [0.29, 0.717) is 22.3 Å². The Bertz CT molecular complexity index is 1630. The fourth-order valence-electron chi connectivity index (χ4n) is 5.81. The maximum atomic E-state index is 14.8. The van der Waals surface area contributed by atoms with Gasteiger partial charge in [0.25, 0.3) is 11.4 Å². The number of sulfone groups is 1. The number of nitro benzene ring substituents is 2. The zero-order chi connectivity index (χ0) is 33.6. The number of hydrogen-bond acceptors (Lipinski definition) is 10. The van der Waals surface area contributed by atoms with Crippen molar-refractivity contribution in [3.05, 3.63) is 152 Å². The number of ether oxygens (including phenoxy) is 2. The van der Waals surface area contributed by atoms with E-state index >= 15 is 0 Å². The van der Waals surface area contributed by atoms with Crippen LogP contribution in [0.3, 0.4) is 0 Å². The van der Waals surface area contributed by atoms with E-state index in [1.165, 1.54) is 48.5 Å². The molecule has 47 heavy (non-hydrogen) atoms. The summed E-state index contributed by atoms with van der Waals surface area (Å²) >= 11 is 0. The van der Waals surface area contributed by atoms with E-state index in [0.717, 1.165) is 0 Å². The fraction of sp³-hybridized carbons (Fsp3) is 0.294. The van der Waals surface area contributed by atoms with Gasteiger partial charge in [0.05, 0.1) is 33.6 Å². The van der Waals surface area contributed by atoms with E-state index in [4.69, 9.17) is 9.47 Å². The molecule has 1 heterocycles. The van der Waals surface area contributed by atoms with Gasteiger partial charge in [0.2, 0.25) is 0 Å². The highest BCUT2D eigenvalue weighted by atomic mass is 32.2. The molecule has 0 aliphatic carbocycles. The van der Waals surface area contributed by atoms with Crippen molar-refractivity contribution < 1.29 is 38.0 Å². The predicted molar refractivity (Wildman–Crippen MR) is 172 cm³/mol. The van der Waals surface area contributed by atoms with Crippen LogP contribution in [0, 0.1) is 20.2 Å². The Kier molecular flexibility index (Phi) is 10.7.